The van der Waals surface area contributed by atoms with Gasteiger partial charge in [-0.3, -0.25) is 0 Å². The largest absolute Gasteiger partial charge is 0.460 e. The zero-order chi connectivity index (χ0) is 9.56. The van der Waals surface area contributed by atoms with Crippen LogP contribution in [-0.2, 0) is 9.53 Å². The number of carbonyl (C=O) groups is 1. The van der Waals surface area contributed by atoms with Gasteiger partial charge in [0.25, 0.3) is 0 Å². The summed E-state index contributed by atoms with van der Waals surface area (Å²) in [4.78, 5) is 10.8. The standard InChI is InChI=1S/C8H14O4/c1-6(2)12-8(11)4-3-7(10)5-9/h3-4,6-7,9-10H,5H2,1-2H3/b4-3+/t7-/m0/s1. The number of ether oxygens (including phenoxy) is 1. The molecule has 0 heterocycles. The van der Waals surface area contributed by atoms with Crippen LogP contribution < -0.4 is 0 Å². The van der Waals surface area contributed by atoms with Crippen molar-refractivity contribution in [3.05, 3.63) is 12.2 Å². The number of aliphatic hydroxyl groups excluding tert-OH is 2. The molecule has 4 nitrogen and oxygen atoms in total. The van der Waals surface area contributed by atoms with Gasteiger partial charge in [0.2, 0.25) is 0 Å². The molecule has 0 aromatic heterocycles. The Morgan fingerprint density at radius 3 is 2.58 bits per heavy atom. The summed E-state index contributed by atoms with van der Waals surface area (Å²) < 4.78 is 4.73. The number of rotatable bonds is 4. The van der Waals surface area contributed by atoms with Gasteiger partial charge in [0.05, 0.1) is 18.8 Å². The summed E-state index contributed by atoms with van der Waals surface area (Å²) in [6.45, 7) is 3.06. The Labute approximate surface area is 71.5 Å². The van der Waals surface area contributed by atoms with Crippen LogP contribution in [0.15, 0.2) is 12.2 Å². The average molecular weight is 174 g/mol. The van der Waals surface area contributed by atoms with Gasteiger partial charge in [-0.15, -0.1) is 0 Å². The van der Waals surface area contributed by atoms with E-state index >= 15 is 0 Å². The predicted molar refractivity (Wildman–Crippen MR) is 43.5 cm³/mol. The summed E-state index contributed by atoms with van der Waals surface area (Å²) >= 11 is 0. The fourth-order valence-electron chi connectivity index (χ4n) is 0.522. The van der Waals surface area contributed by atoms with Crippen LogP contribution in [0.3, 0.4) is 0 Å². The van der Waals surface area contributed by atoms with Crippen molar-refractivity contribution in [2.24, 2.45) is 0 Å². The molecular weight excluding hydrogens is 160 g/mol. The normalized spacial score (nSPS) is 13.8. The summed E-state index contributed by atoms with van der Waals surface area (Å²) in [5.74, 6) is -0.516. The molecule has 0 spiro atoms. The van der Waals surface area contributed by atoms with Crippen molar-refractivity contribution in [1.82, 2.24) is 0 Å². The summed E-state index contributed by atoms with van der Waals surface area (Å²) in [5, 5.41) is 17.2. The molecule has 0 saturated heterocycles. The van der Waals surface area contributed by atoms with Gasteiger partial charge in [0.15, 0.2) is 0 Å². The first kappa shape index (κ1) is 11.1. The van der Waals surface area contributed by atoms with Gasteiger partial charge in [-0.05, 0) is 19.9 Å². The molecule has 0 rings (SSSR count). The lowest BCUT2D eigenvalue weighted by molar-refractivity contribution is -0.141. The van der Waals surface area contributed by atoms with Gasteiger partial charge in [-0.25, -0.2) is 4.79 Å². The molecule has 0 unspecified atom stereocenters. The summed E-state index contributed by atoms with van der Waals surface area (Å²) in [6, 6.07) is 0. The lowest BCUT2D eigenvalue weighted by Crippen LogP contribution is -2.11. The molecule has 0 saturated carbocycles. The number of aliphatic hydroxyl groups is 2. The molecule has 0 amide bonds. The van der Waals surface area contributed by atoms with Crippen molar-refractivity contribution in [2.75, 3.05) is 6.61 Å². The van der Waals surface area contributed by atoms with E-state index in [1.54, 1.807) is 13.8 Å². The number of hydrogen-bond acceptors (Lipinski definition) is 4. The van der Waals surface area contributed by atoms with E-state index in [1.807, 2.05) is 0 Å². The van der Waals surface area contributed by atoms with Crippen molar-refractivity contribution in [3.63, 3.8) is 0 Å². The fraction of sp³-hybridized carbons (Fsp3) is 0.625. The molecule has 4 heteroatoms. The smallest absolute Gasteiger partial charge is 0.330 e. The highest BCUT2D eigenvalue weighted by atomic mass is 16.5. The highest BCUT2D eigenvalue weighted by molar-refractivity contribution is 5.82. The van der Waals surface area contributed by atoms with E-state index in [4.69, 9.17) is 14.9 Å². The quantitative estimate of drug-likeness (QED) is 0.459. The van der Waals surface area contributed by atoms with Gasteiger partial charge in [-0.1, -0.05) is 0 Å². The summed E-state index contributed by atoms with van der Waals surface area (Å²) in [5.41, 5.74) is 0. The first-order valence-corrected chi connectivity index (χ1v) is 3.74. The van der Waals surface area contributed by atoms with Crippen LogP contribution in [-0.4, -0.2) is 35.0 Å². The highest BCUT2D eigenvalue weighted by Crippen LogP contribution is 1.91. The van der Waals surface area contributed by atoms with Crippen LogP contribution in [0.4, 0.5) is 0 Å². The molecule has 0 aromatic rings. The first-order valence-electron chi connectivity index (χ1n) is 3.74. The third-order valence-corrected chi connectivity index (χ3v) is 0.993. The van der Waals surface area contributed by atoms with Gasteiger partial charge in [0.1, 0.15) is 0 Å². The molecule has 2 N–H and O–H groups in total. The topological polar surface area (TPSA) is 66.8 Å². The summed E-state index contributed by atoms with van der Waals surface area (Å²) in [6.07, 6.45) is 1.11. The molecule has 1 atom stereocenters. The fourth-order valence-corrected chi connectivity index (χ4v) is 0.522. The maximum absolute atomic E-state index is 10.8. The Hall–Kier alpha value is -0.870. The first-order chi connectivity index (χ1) is 5.56. The van der Waals surface area contributed by atoms with Gasteiger partial charge < -0.3 is 14.9 Å². The number of esters is 1. The average Bonchev–Trinajstić information content (AvgIpc) is 1.99. The highest BCUT2D eigenvalue weighted by Gasteiger charge is 2.01. The molecule has 0 fully saturated rings. The predicted octanol–water partition coefficient (Wildman–Crippen LogP) is -0.153. The van der Waals surface area contributed by atoms with Gasteiger partial charge in [0, 0.05) is 6.08 Å². The molecule has 12 heavy (non-hydrogen) atoms. The Morgan fingerprint density at radius 1 is 1.58 bits per heavy atom. The van der Waals surface area contributed by atoms with Gasteiger partial charge >= 0.3 is 5.97 Å². The molecule has 0 aliphatic heterocycles. The van der Waals surface area contributed by atoms with Crippen molar-refractivity contribution >= 4 is 5.97 Å². The second-order valence-corrected chi connectivity index (χ2v) is 2.59. The van der Waals surface area contributed by atoms with Crippen molar-refractivity contribution in [3.8, 4) is 0 Å². The van der Waals surface area contributed by atoms with E-state index < -0.39 is 18.7 Å². The summed E-state index contributed by atoms with van der Waals surface area (Å²) in [7, 11) is 0. The molecule has 0 bridgehead atoms. The van der Waals surface area contributed by atoms with Crippen molar-refractivity contribution in [1.29, 1.82) is 0 Å². The molecular formula is C8H14O4. The Kier molecular flexibility index (Phi) is 5.32. The Bertz CT molecular complexity index is 162. The molecule has 70 valence electrons. The third kappa shape index (κ3) is 5.88. The monoisotopic (exact) mass is 174 g/mol. The van der Waals surface area contributed by atoms with Gasteiger partial charge in [-0.2, -0.15) is 0 Å². The second kappa shape index (κ2) is 5.74. The van der Waals surface area contributed by atoms with E-state index in [0.717, 1.165) is 6.08 Å². The van der Waals surface area contributed by atoms with Crippen LogP contribution in [0.5, 0.6) is 0 Å². The maximum atomic E-state index is 10.8. The molecule has 0 aliphatic rings. The van der Waals surface area contributed by atoms with E-state index in [0.29, 0.717) is 0 Å². The minimum absolute atomic E-state index is 0.173. The number of carbonyl (C=O) groups excluding carboxylic acids is 1. The van der Waals surface area contributed by atoms with Crippen LogP contribution in [0.2, 0.25) is 0 Å². The zero-order valence-electron chi connectivity index (χ0n) is 7.23. The van der Waals surface area contributed by atoms with Crippen LogP contribution >= 0.6 is 0 Å². The Balaban J connectivity index is 3.75. The van der Waals surface area contributed by atoms with E-state index in [2.05, 4.69) is 0 Å². The SMILES string of the molecule is CC(C)OC(=O)/C=C/[C@H](O)CO. The minimum atomic E-state index is -0.996. The molecule has 0 radical (unpaired) electrons. The maximum Gasteiger partial charge on any atom is 0.330 e. The van der Waals surface area contributed by atoms with E-state index in [9.17, 15) is 4.79 Å². The van der Waals surface area contributed by atoms with Crippen LogP contribution in [0.25, 0.3) is 0 Å². The van der Waals surface area contributed by atoms with Crippen LogP contribution in [0.1, 0.15) is 13.8 Å². The lowest BCUT2D eigenvalue weighted by atomic mass is 10.3. The molecule has 0 aliphatic carbocycles. The van der Waals surface area contributed by atoms with Crippen LogP contribution in [0, 0.1) is 0 Å². The minimum Gasteiger partial charge on any atom is -0.460 e. The van der Waals surface area contributed by atoms with E-state index in [1.165, 1.54) is 6.08 Å². The molecule has 0 aromatic carbocycles. The van der Waals surface area contributed by atoms with E-state index in [-0.39, 0.29) is 6.10 Å². The second-order valence-electron chi connectivity index (χ2n) is 2.59. The van der Waals surface area contributed by atoms with Crippen molar-refractivity contribution in [2.45, 2.75) is 26.1 Å². The third-order valence-electron chi connectivity index (χ3n) is 0.993. The van der Waals surface area contributed by atoms with Crippen molar-refractivity contribution < 1.29 is 19.7 Å². The number of hydrogen-bond donors (Lipinski definition) is 2. The lowest BCUT2D eigenvalue weighted by Gasteiger charge is -2.04. The zero-order valence-corrected chi connectivity index (χ0v) is 7.23. The Morgan fingerprint density at radius 2 is 2.17 bits per heavy atom.